The Morgan fingerprint density at radius 2 is 1.71 bits per heavy atom. The topological polar surface area (TPSA) is 63.3 Å². The molecule has 14 heavy (non-hydrogen) atoms. The lowest BCUT2D eigenvalue weighted by Crippen LogP contribution is -2.51. The third-order valence-corrected chi connectivity index (χ3v) is 3.63. The molecule has 84 valence electrons. The molecule has 3 N–H and O–H groups in total. The van der Waals surface area contributed by atoms with Crippen molar-refractivity contribution in [3.05, 3.63) is 0 Å². The van der Waals surface area contributed by atoms with E-state index in [1.54, 1.807) is 13.8 Å². The summed E-state index contributed by atoms with van der Waals surface area (Å²) in [6.07, 6.45) is 0. The molecular formula is C10H20INO2. The van der Waals surface area contributed by atoms with Crippen molar-refractivity contribution >= 4 is 28.6 Å². The lowest BCUT2D eigenvalue weighted by Gasteiger charge is -2.37. The van der Waals surface area contributed by atoms with E-state index in [4.69, 9.17) is 10.8 Å². The first kappa shape index (κ1) is 14.2. The zero-order valence-electron chi connectivity index (χ0n) is 9.47. The summed E-state index contributed by atoms with van der Waals surface area (Å²) in [6, 6.07) is 0. The van der Waals surface area contributed by atoms with E-state index >= 15 is 0 Å². The van der Waals surface area contributed by atoms with Gasteiger partial charge in [-0.1, -0.05) is 43.4 Å². The van der Waals surface area contributed by atoms with E-state index in [2.05, 4.69) is 22.6 Å². The van der Waals surface area contributed by atoms with Crippen molar-refractivity contribution in [1.29, 1.82) is 0 Å². The fraction of sp³-hybridized carbons (Fsp3) is 0.900. The van der Waals surface area contributed by atoms with E-state index in [0.717, 1.165) is 0 Å². The summed E-state index contributed by atoms with van der Waals surface area (Å²) in [7, 11) is 0. The molecular weight excluding hydrogens is 293 g/mol. The molecule has 0 bridgehead atoms. The summed E-state index contributed by atoms with van der Waals surface area (Å²) >= 11 is 2.27. The van der Waals surface area contributed by atoms with E-state index < -0.39 is 17.4 Å². The summed E-state index contributed by atoms with van der Waals surface area (Å²) in [5.74, 6) is -1.30. The van der Waals surface area contributed by atoms with E-state index in [1.807, 2.05) is 20.8 Å². The van der Waals surface area contributed by atoms with Crippen LogP contribution in [0.2, 0.25) is 0 Å². The van der Waals surface area contributed by atoms with Gasteiger partial charge < -0.3 is 10.8 Å². The number of carboxylic acids is 1. The van der Waals surface area contributed by atoms with Crippen molar-refractivity contribution < 1.29 is 9.90 Å². The third-order valence-electron chi connectivity index (χ3n) is 2.65. The summed E-state index contributed by atoms with van der Waals surface area (Å²) in [5.41, 5.74) is 5.21. The van der Waals surface area contributed by atoms with Crippen molar-refractivity contribution in [2.75, 3.05) is 0 Å². The van der Waals surface area contributed by atoms with Crippen LogP contribution in [0.1, 0.15) is 34.6 Å². The van der Waals surface area contributed by atoms with Gasteiger partial charge in [0.1, 0.15) is 0 Å². The molecule has 2 atom stereocenters. The van der Waals surface area contributed by atoms with Crippen LogP contribution in [0, 0.1) is 11.8 Å². The molecule has 0 radical (unpaired) electrons. The van der Waals surface area contributed by atoms with Crippen LogP contribution in [0.3, 0.4) is 0 Å². The van der Waals surface area contributed by atoms with Gasteiger partial charge in [-0.05, 0) is 19.8 Å². The molecule has 0 aliphatic heterocycles. The number of hydrogen-bond acceptors (Lipinski definition) is 2. The summed E-state index contributed by atoms with van der Waals surface area (Å²) in [6.45, 7) is 9.54. The minimum absolute atomic E-state index is 0.0283. The molecule has 0 amide bonds. The maximum Gasteiger partial charge on any atom is 0.308 e. The molecule has 0 aliphatic rings. The van der Waals surface area contributed by atoms with E-state index in [-0.39, 0.29) is 9.34 Å². The van der Waals surface area contributed by atoms with Crippen molar-refractivity contribution in [2.45, 2.75) is 43.6 Å². The number of aliphatic carboxylic acids is 1. The van der Waals surface area contributed by atoms with Crippen LogP contribution >= 0.6 is 22.6 Å². The molecule has 0 aromatic carbocycles. The highest BCUT2D eigenvalue weighted by Gasteiger charge is 2.41. The molecule has 0 saturated carbocycles. The minimum Gasteiger partial charge on any atom is -0.481 e. The van der Waals surface area contributed by atoms with E-state index in [9.17, 15) is 4.79 Å². The zero-order valence-corrected chi connectivity index (χ0v) is 11.6. The predicted octanol–water partition coefficient (Wildman–Crippen LogP) is 2.27. The maximum atomic E-state index is 11.2. The zero-order chi connectivity index (χ0) is 11.7. The molecule has 0 aromatic heterocycles. The molecule has 0 fully saturated rings. The maximum absolute atomic E-state index is 11.2. The molecule has 0 aromatic rings. The van der Waals surface area contributed by atoms with Crippen LogP contribution < -0.4 is 5.73 Å². The number of nitrogens with two attached hydrogens (primary N) is 1. The molecule has 4 heteroatoms. The Morgan fingerprint density at radius 1 is 1.36 bits per heavy atom. The molecule has 0 saturated heterocycles. The number of alkyl halides is 1. The highest BCUT2D eigenvalue weighted by atomic mass is 127. The fourth-order valence-electron chi connectivity index (χ4n) is 1.57. The van der Waals surface area contributed by atoms with Crippen LogP contribution in [0.5, 0.6) is 0 Å². The van der Waals surface area contributed by atoms with E-state index in [1.165, 1.54) is 0 Å². The standard InChI is InChI=1S/C10H20INO2/c1-6(9(2,3)11)7(8(13)14)10(4,5)12/h6-7H,12H2,1-5H3,(H,13,14). The van der Waals surface area contributed by atoms with Gasteiger partial charge in [0, 0.05) is 8.96 Å². The lowest BCUT2D eigenvalue weighted by molar-refractivity contribution is -0.146. The van der Waals surface area contributed by atoms with Crippen LogP contribution in [0.4, 0.5) is 0 Å². The van der Waals surface area contributed by atoms with Gasteiger partial charge in [-0.15, -0.1) is 0 Å². The Balaban J connectivity index is 4.96. The first-order valence-corrected chi connectivity index (χ1v) is 5.76. The molecule has 0 aliphatic carbocycles. The van der Waals surface area contributed by atoms with Crippen LogP contribution in [0.15, 0.2) is 0 Å². The smallest absolute Gasteiger partial charge is 0.308 e. The molecule has 2 unspecified atom stereocenters. The average Bonchev–Trinajstić information content (AvgIpc) is 1.79. The number of hydrogen-bond donors (Lipinski definition) is 2. The molecule has 0 heterocycles. The lowest BCUT2D eigenvalue weighted by atomic mass is 9.74. The van der Waals surface area contributed by atoms with Gasteiger partial charge in [-0.25, -0.2) is 0 Å². The second-order valence-electron chi connectivity index (χ2n) is 4.99. The van der Waals surface area contributed by atoms with Gasteiger partial charge in [-0.3, -0.25) is 4.79 Å². The van der Waals surface area contributed by atoms with Gasteiger partial charge >= 0.3 is 5.97 Å². The average molecular weight is 313 g/mol. The largest absolute Gasteiger partial charge is 0.481 e. The molecule has 0 rings (SSSR count). The first-order chi connectivity index (χ1) is 5.98. The van der Waals surface area contributed by atoms with Crippen LogP contribution in [-0.4, -0.2) is 20.0 Å². The van der Waals surface area contributed by atoms with Crippen molar-refractivity contribution in [3.63, 3.8) is 0 Å². The second-order valence-corrected chi connectivity index (χ2v) is 7.77. The molecule has 3 nitrogen and oxygen atoms in total. The minimum atomic E-state index is -0.810. The normalized spacial score (nSPS) is 17.6. The Morgan fingerprint density at radius 3 is 1.79 bits per heavy atom. The van der Waals surface area contributed by atoms with Crippen LogP contribution in [-0.2, 0) is 4.79 Å². The highest BCUT2D eigenvalue weighted by Crippen LogP contribution is 2.36. The van der Waals surface area contributed by atoms with Gasteiger partial charge in [0.2, 0.25) is 0 Å². The van der Waals surface area contributed by atoms with Crippen LogP contribution in [0.25, 0.3) is 0 Å². The third kappa shape index (κ3) is 3.73. The predicted molar refractivity (Wildman–Crippen MR) is 66.7 cm³/mol. The summed E-state index contributed by atoms with van der Waals surface area (Å²) < 4.78 is -0.0720. The molecule has 0 spiro atoms. The Hall–Kier alpha value is 0.160. The highest BCUT2D eigenvalue weighted by molar-refractivity contribution is 14.1. The van der Waals surface area contributed by atoms with Gasteiger partial charge in [0.25, 0.3) is 0 Å². The SMILES string of the molecule is CC(C(C(=O)O)C(C)(C)N)C(C)(C)I. The van der Waals surface area contributed by atoms with Crippen molar-refractivity contribution in [1.82, 2.24) is 0 Å². The summed E-state index contributed by atoms with van der Waals surface area (Å²) in [5, 5.41) is 9.16. The number of carbonyl (C=O) groups is 1. The van der Waals surface area contributed by atoms with Crippen molar-refractivity contribution in [3.8, 4) is 0 Å². The van der Waals surface area contributed by atoms with Gasteiger partial charge in [-0.2, -0.15) is 0 Å². The number of carboxylic acid groups (broad SMARTS) is 1. The quantitative estimate of drug-likeness (QED) is 0.618. The second kappa shape index (κ2) is 4.35. The van der Waals surface area contributed by atoms with Crippen molar-refractivity contribution in [2.24, 2.45) is 17.6 Å². The number of rotatable bonds is 4. The number of halogens is 1. The Labute approximate surface area is 99.6 Å². The monoisotopic (exact) mass is 313 g/mol. The Kier molecular flexibility index (Phi) is 4.40. The fourth-order valence-corrected chi connectivity index (χ4v) is 1.93. The Bertz CT molecular complexity index is 215. The van der Waals surface area contributed by atoms with Gasteiger partial charge in [0.05, 0.1) is 5.92 Å². The van der Waals surface area contributed by atoms with Gasteiger partial charge in [0.15, 0.2) is 0 Å². The first-order valence-electron chi connectivity index (χ1n) is 4.68. The van der Waals surface area contributed by atoms with E-state index in [0.29, 0.717) is 0 Å². The summed E-state index contributed by atoms with van der Waals surface area (Å²) in [4.78, 5) is 11.2.